The third-order valence-electron chi connectivity index (χ3n) is 6.72. The second-order valence-corrected chi connectivity index (χ2v) is 9.46. The van der Waals surface area contributed by atoms with Crippen LogP contribution >= 0.6 is 11.6 Å². The Hall–Kier alpha value is -3.21. The number of fused-ring (bicyclic) bond motifs is 1. The topological polar surface area (TPSA) is 89.1 Å². The zero-order valence-corrected chi connectivity index (χ0v) is 21.3. The summed E-state index contributed by atoms with van der Waals surface area (Å²) >= 11 is 5.93. The predicted octanol–water partition coefficient (Wildman–Crippen LogP) is 3.88. The third-order valence-corrected chi connectivity index (χ3v) is 7.01. The van der Waals surface area contributed by atoms with Gasteiger partial charge in [0.05, 0.1) is 49.1 Å². The molecule has 0 unspecified atom stereocenters. The quantitative estimate of drug-likeness (QED) is 0.470. The number of halogens is 2. The number of hydrogen-bond donors (Lipinski definition) is 1. The van der Waals surface area contributed by atoms with E-state index >= 15 is 0 Å². The minimum atomic E-state index is -0.566. The van der Waals surface area contributed by atoms with E-state index in [1.807, 2.05) is 4.90 Å². The molecule has 9 nitrogen and oxygen atoms in total. The fourth-order valence-electron chi connectivity index (χ4n) is 4.73. The van der Waals surface area contributed by atoms with Crippen LogP contribution < -0.4 is 14.8 Å². The molecule has 0 saturated carbocycles. The largest absolute Gasteiger partial charge is 0.493 e. The van der Waals surface area contributed by atoms with E-state index in [9.17, 15) is 9.18 Å². The van der Waals surface area contributed by atoms with E-state index < -0.39 is 5.82 Å². The van der Waals surface area contributed by atoms with Gasteiger partial charge in [-0.25, -0.2) is 14.4 Å². The molecule has 3 aromatic rings. The van der Waals surface area contributed by atoms with Gasteiger partial charge >= 0.3 is 0 Å². The summed E-state index contributed by atoms with van der Waals surface area (Å²) in [4.78, 5) is 25.7. The molecule has 2 aliphatic heterocycles. The highest BCUT2D eigenvalue weighted by Crippen LogP contribution is 2.36. The Labute approximate surface area is 219 Å². The lowest BCUT2D eigenvalue weighted by Crippen LogP contribution is -2.47. The van der Waals surface area contributed by atoms with Crippen LogP contribution in [0.3, 0.4) is 0 Å². The number of morpholine rings is 1. The molecular weight excluding hydrogens is 501 g/mol. The van der Waals surface area contributed by atoms with Crippen molar-refractivity contribution in [3.8, 4) is 11.5 Å². The molecule has 2 saturated heterocycles. The summed E-state index contributed by atoms with van der Waals surface area (Å²) in [5, 5.41) is 3.65. The Bertz CT molecular complexity index is 1270. The van der Waals surface area contributed by atoms with Gasteiger partial charge in [-0.2, -0.15) is 0 Å². The van der Waals surface area contributed by atoms with Gasteiger partial charge < -0.3 is 24.4 Å². The van der Waals surface area contributed by atoms with Crippen molar-refractivity contribution < 1.29 is 23.4 Å². The van der Waals surface area contributed by atoms with Crippen LogP contribution in [0.5, 0.6) is 11.5 Å². The number of methoxy groups -OCH3 is 1. The van der Waals surface area contributed by atoms with Gasteiger partial charge in [-0.05, 0) is 31.0 Å². The van der Waals surface area contributed by atoms with Crippen molar-refractivity contribution in [2.24, 2.45) is 0 Å². The fourth-order valence-corrected chi connectivity index (χ4v) is 4.90. The fraction of sp³-hybridized carbons (Fsp3) is 0.423. The highest BCUT2D eigenvalue weighted by molar-refractivity contribution is 6.31. The molecule has 0 spiro atoms. The molecule has 37 heavy (non-hydrogen) atoms. The minimum absolute atomic E-state index is 0.0124. The van der Waals surface area contributed by atoms with Crippen LogP contribution in [0, 0.1) is 5.82 Å². The maximum Gasteiger partial charge on any atom is 0.237 e. The monoisotopic (exact) mass is 529 g/mol. The smallest absolute Gasteiger partial charge is 0.237 e. The van der Waals surface area contributed by atoms with Gasteiger partial charge in [-0.1, -0.05) is 17.7 Å². The Balaban J connectivity index is 1.33. The van der Waals surface area contributed by atoms with E-state index in [1.165, 1.54) is 12.4 Å². The molecule has 1 N–H and O–H groups in total. The molecule has 11 heteroatoms. The first-order valence-electron chi connectivity index (χ1n) is 12.3. The number of nitrogens with zero attached hydrogens (tertiary/aromatic N) is 4. The lowest BCUT2D eigenvalue weighted by atomic mass is 10.2. The average molecular weight is 530 g/mol. The number of aromatic nitrogens is 2. The molecule has 5 rings (SSSR count). The number of benzene rings is 2. The van der Waals surface area contributed by atoms with E-state index in [0.29, 0.717) is 54.6 Å². The molecule has 1 aromatic heterocycles. The summed E-state index contributed by atoms with van der Waals surface area (Å²) in [7, 11) is 1.56. The number of hydrogen-bond acceptors (Lipinski definition) is 8. The lowest BCUT2D eigenvalue weighted by Gasteiger charge is -2.30. The summed E-state index contributed by atoms with van der Waals surface area (Å²) in [5.41, 5.74) is 0.804. The van der Waals surface area contributed by atoms with Crippen molar-refractivity contribution in [2.75, 3.05) is 58.4 Å². The Kier molecular flexibility index (Phi) is 7.87. The molecule has 2 aromatic carbocycles. The van der Waals surface area contributed by atoms with Crippen molar-refractivity contribution in [1.82, 2.24) is 19.8 Å². The van der Waals surface area contributed by atoms with Crippen LogP contribution in [0.15, 0.2) is 36.7 Å². The number of nitrogens with one attached hydrogen (secondary N) is 1. The first-order valence-corrected chi connectivity index (χ1v) is 12.7. The van der Waals surface area contributed by atoms with Crippen LogP contribution in [0.2, 0.25) is 5.02 Å². The molecule has 1 atom stereocenters. The van der Waals surface area contributed by atoms with Crippen LogP contribution in [0.25, 0.3) is 10.9 Å². The number of likely N-dealkylation sites (tertiary alicyclic amines) is 1. The molecule has 0 radical (unpaired) electrons. The number of ether oxygens (including phenoxy) is 3. The Morgan fingerprint density at radius 1 is 1.22 bits per heavy atom. The van der Waals surface area contributed by atoms with E-state index in [4.69, 9.17) is 25.8 Å². The number of anilines is 2. The van der Waals surface area contributed by atoms with E-state index in [2.05, 4.69) is 20.2 Å². The maximum absolute atomic E-state index is 14.5. The van der Waals surface area contributed by atoms with Gasteiger partial charge in [0.1, 0.15) is 18.8 Å². The zero-order valence-electron chi connectivity index (χ0n) is 20.6. The zero-order chi connectivity index (χ0) is 25.8. The number of amides is 1. The first-order chi connectivity index (χ1) is 18.0. The van der Waals surface area contributed by atoms with Gasteiger partial charge in [0, 0.05) is 31.1 Å². The number of rotatable bonds is 8. The molecule has 1 amide bonds. The minimum Gasteiger partial charge on any atom is -0.493 e. The molecule has 2 aliphatic rings. The van der Waals surface area contributed by atoms with Crippen molar-refractivity contribution in [2.45, 2.75) is 18.9 Å². The van der Waals surface area contributed by atoms with Crippen molar-refractivity contribution in [3.05, 3.63) is 47.5 Å². The van der Waals surface area contributed by atoms with Crippen LogP contribution in [0.1, 0.15) is 12.8 Å². The predicted molar refractivity (Wildman–Crippen MR) is 138 cm³/mol. The molecule has 0 aliphatic carbocycles. The van der Waals surface area contributed by atoms with E-state index in [-0.39, 0.29) is 22.7 Å². The maximum atomic E-state index is 14.5. The summed E-state index contributed by atoms with van der Waals surface area (Å²) in [6.07, 6.45) is 3.20. The third kappa shape index (κ3) is 5.71. The average Bonchev–Trinajstić information content (AvgIpc) is 3.39. The number of carbonyl (C=O) groups is 1. The summed E-state index contributed by atoms with van der Waals surface area (Å²) in [6.45, 7) is 4.30. The SMILES string of the molecule is COc1cc2ncnc(Nc3cccc(Cl)c3F)c2cc1OC[C@@H]1CCCN1C(=O)CN1CCOCC1. The Morgan fingerprint density at radius 2 is 2.05 bits per heavy atom. The van der Waals surface area contributed by atoms with Crippen LogP contribution in [0.4, 0.5) is 15.9 Å². The Morgan fingerprint density at radius 3 is 2.86 bits per heavy atom. The second-order valence-electron chi connectivity index (χ2n) is 9.05. The van der Waals surface area contributed by atoms with Gasteiger partial charge in [0.15, 0.2) is 17.3 Å². The molecule has 196 valence electrons. The standard InChI is InChI=1S/C26H29ClFN5O4/c1-35-22-13-21-18(26(30-16-29-21)31-20-6-2-5-19(27)25(20)28)12-23(22)37-15-17-4-3-7-33(17)24(34)14-32-8-10-36-11-9-32/h2,5-6,12-13,16-17H,3-4,7-11,14-15H2,1H3,(H,29,30,31)/t17-/m0/s1. The van der Waals surface area contributed by atoms with Gasteiger partial charge in [0.25, 0.3) is 0 Å². The normalized spacial score (nSPS) is 18.2. The summed E-state index contributed by atoms with van der Waals surface area (Å²) in [6, 6.07) is 8.21. The second kappa shape index (κ2) is 11.5. The van der Waals surface area contributed by atoms with Crippen molar-refractivity contribution in [1.29, 1.82) is 0 Å². The summed E-state index contributed by atoms with van der Waals surface area (Å²) < 4.78 is 31.7. The van der Waals surface area contributed by atoms with E-state index in [1.54, 1.807) is 31.4 Å². The molecule has 0 bridgehead atoms. The van der Waals surface area contributed by atoms with Gasteiger partial charge in [-0.15, -0.1) is 0 Å². The van der Waals surface area contributed by atoms with Crippen molar-refractivity contribution >= 4 is 39.9 Å². The molecule has 2 fully saturated rings. The van der Waals surface area contributed by atoms with Gasteiger partial charge in [-0.3, -0.25) is 9.69 Å². The highest BCUT2D eigenvalue weighted by atomic mass is 35.5. The molecular formula is C26H29ClFN5O4. The lowest BCUT2D eigenvalue weighted by molar-refractivity contribution is -0.134. The molecule has 3 heterocycles. The van der Waals surface area contributed by atoms with Crippen LogP contribution in [-0.4, -0.2) is 84.8 Å². The summed E-state index contributed by atoms with van der Waals surface area (Å²) in [5.74, 6) is 0.954. The number of carbonyl (C=O) groups excluding carboxylic acids is 1. The van der Waals surface area contributed by atoms with Crippen LogP contribution in [-0.2, 0) is 9.53 Å². The van der Waals surface area contributed by atoms with Crippen molar-refractivity contribution in [3.63, 3.8) is 0 Å². The highest BCUT2D eigenvalue weighted by Gasteiger charge is 2.30. The van der Waals surface area contributed by atoms with E-state index in [0.717, 1.165) is 32.5 Å². The van der Waals surface area contributed by atoms with Gasteiger partial charge in [0.2, 0.25) is 5.91 Å². The first kappa shape index (κ1) is 25.4.